The van der Waals surface area contributed by atoms with Crippen molar-refractivity contribution in [3.63, 3.8) is 0 Å². The van der Waals surface area contributed by atoms with E-state index in [4.69, 9.17) is 9.47 Å². The van der Waals surface area contributed by atoms with Crippen LogP contribution in [0.25, 0.3) is 0 Å². The minimum Gasteiger partial charge on any atom is -0.511 e. The third-order valence-electron chi connectivity index (χ3n) is 14.9. The Kier molecular flexibility index (Phi) is 10.2. The number of benzene rings is 1. The second-order valence-electron chi connectivity index (χ2n) is 22.5. The van der Waals surface area contributed by atoms with Crippen molar-refractivity contribution < 1.29 is 14.3 Å². The van der Waals surface area contributed by atoms with E-state index in [0.717, 1.165) is 22.4 Å². The number of carbonyl (C=O) groups excluding carboxylic acids is 1. The predicted molar refractivity (Wildman–Crippen MR) is 280 cm³/mol. The van der Waals surface area contributed by atoms with Gasteiger partial charge in [0.25, 0.3) is 0 Å². The first-order valence-corrected chi connectivity index (χ1v) is 18.6. The van der Waals surface area contributed by atoms with Gasteiger partial charge < -0.3 is 19.2 Å². The van der Waals surface area contributed by atoms with Crippen molar-refractivity contribution in [3.8, 4) is 11.5 Å². The zero-order valence-electron chi connectivity index (χ0n) is 36.4. The molecular formula is C19H52B25NO3. The number of carbonyl (C=O) groups is 1. The predicted octanol–water partition coefficient (Wildman–Crippen LogP) is -23.7. The third-order valence-corrected chi connectivity index (χ3v) is 14.9. The summed E-state index contributed by atoms with van der Waals surface area (Å²) in [5.74, 6) is 1.98. The zero-order chi connectivity index (χ0) is 38.2. The van der Waals surface area contributed by atoms with Gasteiger partial charge >= 0.3 is 0 Å². The van der Waals surface area contributed by atoms with Crippen LogP contribution < -0.4 is 20.4 Å². The molecule has 0 bridgehead atoms. The SMILES string of the molecule is Bc1c(OC(B)(B)B)c(OC(B)(B)B)c(B)c2c1C(B)(B)C(B)(B)N1CC(B)(C(B)(B)C(B)(C(B)(B)B)C(B)(B)B)C(=O)C(B)(B)C21B. The molecule has 0 amide bonds. The number of nitrogens with zero attached hydrogens (tertiary/aromatic N) is 1. The number of fused-ring (bicyclic) bond motifs is 3. The van der Waals surface area contributed by atoms with Crippen molar-refractivity contribution in [3.05, 3.63) is 11.1 Å². The Bertz CT molecular complexity index is 1490. The van der Waals surface area contributed by atoms with Gasteiger partial charge in [0.15, 0.2) is 11.5 Å². The number of rotatable bonds is 8. The van der Waals surface area contributed by atoms with E-state index in [1.807, 2.05) is 0 Å². The van der Waals surface area contributed by atoms with Gasteiger partial charge in [0, 0.05) is 27.9 Å². The van der Waals surface area contributed by atoms with Gasteiger partial charge in [-0.3, -0.25) is 0 Å². The molecule has 0 radical (unpaired) electrons. The van der Waals surface area contributed by atoms with Crippen molar-refractivity contribution in [2.24, 2.45) is 0 Å². The summed E-state index contributed by atoms with van der Waals surface area (Å²) in [5.41, 5.74) is 4.12. The van der Waals surface area contributed by atoms with Crippen molar-refractivity contribution in [1.82, 2.24) is 4.90 Å². The lowest BCUT2D eigenvalue weighted by atomic mass is 9.04. The maximum absolute atomic E-state index is 15.8. The fraction of sp³-hybridized carbons (Fsp3) is 0.632. The summed E-state index contributed by atoms with van der Waals surface area (Å²) in [6.07, 6.45) is 0. The van der Waals surface area contributed by atoms with Gasteiger partial charge in [0.2, 0.25) is 0 Å². The van der Waals surface area contributed by atoms with Crippen LogP contribution in [-0.4, -0.2) is 229 Å². The molecule has 3 rings (SSSR count). The van der Waals surface area contributed by atoms with Crippen LogP contribution in [0.4, 0.5) is 0 Å². The Morgan fingerprint density at radius 2 is 0.917 bits per heavy atom. The molecule has 2 aliphatic rings. The normalized spacial score (nSPS) is 26.0. The van der Waals surface area contributed by atoms with E-state index in [1.54, 1.807) is 0 Å². The summed E-state index contributed by atoms with van der Waals surface area (Å²) in [4.78, 5) is 18.6. The van der Waals surface area contributed by atoms with Crippen LogP contribution in [0.3, 0.4) is 0 Å². The van der Waals surface area contributed by atoms with E-state index < -0.39 is 26.6 Å². The highest BCUT2D eigenvalue weighted by Crippen LogP contribution is 2.76. The lowest BCUT2D eigenvalue weighted by Crippen LogP contribution is -2.82. The second-order valence-corrected chi connectivity index (χ2v) is 22.5. The fourth-order valence-corrected chi connectivity index (χ4v) is 10.9. The average Bonchev–Trinajstić information content (AvgIpc) is 2.84. The zero-order valence-corrected chi connectivity index (χ0v) is 36.4. The van der Waals surface area contributed by atoms with Crippen LogP contribution in [-0.2, 0) is 15.4 Å². The molecule has 0 saturated carbocycles. The Labute approximate surface area is 317 Å². The van der Waals surface area contributed by atoms with E-state index in [-0.39, 0.29) is 31.3 Å². The minimum atomic E-state index is -0.737. The third kappa shape index (κ3) is 5.62. The van der Waals surface area contributed by atoms with Crippen LogP contribution in [0.5, 0.6) is 11.5 Å². The molecule has 4 nitrogen and oxygen atoms in total. The topological polar surface area (TPSA) is 38.8 Å². The molecule has 1 saturated heterocycles. The average molecular weight is 613 g/mol. The molecule has 2 aliphatic heterocycles. The summed E-state index contributed by atoms with van der Waals surface area (Å²) in [6, 6.07) is 0. The molecule has 1 fully saturated rings. The van der Waals surface area contributed by atoms with E-state index >= 15 is 4.79 Å². The number of hydrogen-bond donors (Lipinski definition) is 0. The van der Waals surface area contributed by atoms with Crippen molar-refractivity contribution >= 4 is 213 Å². The minimum absolute atomic E-state index is 0.0530. The van der Waals surface area contributed by atoms with Crippen molar-refractivity contribution in [2.75, 3.05) is 6.54 Å². The van der Waals surface area contributed by atoms with Gasteiger partial charge in [-0.2, -0.15) is 0 Å². The van der Waals surface area contributed by atoms with Gasteiger partial charge in [0.05, 0.1) is 62.8 Å². The summed E-state index contributed by atoms with van der Waals surface area (Å²) in [7, 11) is 57.3. The number of hydrogen-bond acceptors (Lipinski definition) is 4. The van der Waals surface area contributed by atoms with Crippen LogP contribution >= 0.6 is 0 Å². The number of Topliss-reactive ketones (excluding diaryl/α,β-unsaturated/α-hetero) is 1. The molecule has 1 aromatic carbocycles. The van der Waals surface area contributed by atoms with Crippen molar-refractivity contribution in [1.29, 1.82) is 0 Å². The van der Waals surface area contributed by atoms with Gasteiger partial charge in [-0.1, -0.05) is 21.3 Å². The Hall–Kier alpha value is 0.0734. The van der Waals surface area contributed by atoms with Gasteiger partial charge in [-0.25, -0.2) is 0 Å². The van der Waals surface area contributed by atoms with Crippen LogP contribution in [0, 0.1) is 0 Å². The van der Waals surface area contributed by atoms with Crippen LogP contribution in [0.2, 0.25) is 31.3 Å². The molecular weight excluding hydrogens is 561 g/mol. The monoisotopic (exact) mass is 618 g/mol. The molecule has 29 heteroatoms. The van der Waals surface area contributed by atoms with E-state index in [1.165, 1.54) is 11.1 Å². The lowest BCUT2D eigenvalue weighted by Gasteiger charge is -2.76. The number of ketones is 1. The van der Waals surface area contributed by atoms with Crippen LogP contribution in [0.15, 0.2) is 0 Å². The molecule has 2 atom stereocenters. The Morgan fingerprint density at radius 1 is 0.562 bits per heavy atom. The van der Waals surface area contributed by atoms with Crippen LogP contribution in [0.1, 0.15) is 11.1 Å². The first-order chi connectivity index (χ1) is 20.7. The molecule has 0 N–H and O–H groups in total. The molecule has 1 aromatic rings. The molecule has 2 heterocycles. The maximum Gasteiger partial charge on any atom is 0.151 e. The molecule has 226 valence electrons. The Morgan fingerprint density at radius 3 is 1.25 bits per heavy atom. The quantitative estimate of drug-likeness (QED) is 0.274. The van der Waals surface area contributed by atoms with Gasteiger partial charge in [0.1, 0.15) is 139 Å². The highest BCUT2D eigenvalue weighted by atomic mass is 16.5. The van der Waals surface area contributed by atoms with Crippen molar-refractivity contribution in [2.45, 2.75) is 57.9 Å². The largest absolute Gasteiger partial charge is 0.511 e. The number of ether oxygens (including phenoxy) is 2. The van der Waals surface area contributed by atoms with Gasteiger partial charge in [-0.05, 0) is 27.0 Å². The van der Waals surface area contributed by atoms with E-state index in [0.29, 0.717) is 12.3 Å². The lowest BCUT2D eigenvalue weighted by molar-refractivity contribution is -0.133. The first kappa shape index (κ1) is 42.5. The molecule has 0 spiro atoms. The first-order valence-electron chi connectivity index (χ1n) is 18.6. The van der Waals surface area contributed by atoms with E-state index in [2.05, 4.69) is 201 Å². The van der Waals surface area contributed by atoms with E-state index in [9.17, 15) is 0 Å². The highest BCUT2D eigenvalue weighted by Gasteiger charge is 2.72. The molecule has 0 aromatic heterocycles. The summed E-state index contributed by atoms with van der Waals surface area (Å²) >= 11 is 0. The summed E-state index contributed by atoms with van der Waals surface area (Å²) < 4.78 is 13.7. The number of piperidine rings is 1. The second kappa shape index (κ2) is 11.5. The maximum atomic E-state index is 15.8. The smallest absolute Gasteiger partial charge is 0.151 e. The summed E-state index contributed by atoms with van der Waals surface area (Å²) in [6.45, 7) is 0.671. The molecule has 0 aliphatic carbocycles. The van der Waals surface area contributed by atoms with Gasteiger partial charge in [-0.15, -0.1) is 10.2 Å². The molecule has 2 unspecified atom stereocenters. The standard InChI is InChI=1S/C19H52B25NO3/c20-4-2-3(5(21)7(48-19(42,43)44)6(4)47-18(39,40)41)12(27)11(25,26)8(46)9(22,1-45(12)17(37,38)10(2,23)24)14(29,30)13(28,15(31,32)33)16(34,35)36/h1,20-44H2. The Balaban J connectivity index is 2.60. The highest BCUT2D eigenvalue weighted by molar-refractivity contribution is 6.73. The molecule has 48 heavy (non-hydrogen) atoms. The summed E-state index contributed by atoms with van der Waals surface area (Å²) in [5, 5.41) is -3.47. The fourth-order valence-electron chi connectivity index (χ4n) is 10.9.